The van der Waals surface area contributed by atoms with E-state index >= 15 is 0 Å². The van der Waals surface area contributed by atoms with E-state index in [4.69, 9.17) is 14.8 Å². The zero-order chi connectivity index (χ0) is 19.8. The Morgan fingerprint density at radius 2 is 1.79 bits per heavy atom. The third-order valence-electron chi connectivity index (χ3n) is 5.33. The molecule has 0 bridgehead atoms. The van der Waals surface area contributed by atoms with Crippen molar-refractivity contribution in [3.63, 3.8) is 0 Å². The molecule has 1 fully saturated rings. The minimum absolute atomic E-state index is 0.335. The maximum Gasteiger partial charge on any atom is 0.334 e. The SMILES string of the molecule is Cc1nc(C)c2c(-c3nc(Oc4ccccc4)ns3)nn(C3CCCCC3)c2n1. The van der Waals surface area contributed by atoms with Crippen molar-refractivity contribution in [2.75, 3.05) is 0 Å². The van der Waals surface area contributed by atoms with E-state index in [0.29, 0.717) is 17.8 Å². The number of ether oxygens (including phenoxy) is 1. The molecule has 0 spiro atoms. The van der Waals surface area contributed by atoms with Crippen molar-refractivity contribution in [1.29, 1.82) is 0 Å². The standard InChI is InChI=1S/C21H22N6OS/c1-13-17-18(20-24-21(26-29-20)28-16-11-7-4-8-12-16)25-27(15-9-5-3-6-10-15)19(17)23-14(2)22-13/h4,7-8,11-12,15H,3,5-6,9-10H2,1-2H3. The van der Waals surface area contributed by atoms with Crippen molar-refractivity contribution in [1.82, 2.24) is 29.1 Å². The maximum atomic E-state index is 5.79. The lowest BCUT2D eigenvalue weighted by Gasteiger charge is -2.22. The van der Waals surface area contributed by atoms with Gasteiger partial charge in [0.2, 0.25) is 0 Å². The first kappa shape index (κ1) is 18.2. The van der Waals surface area contributed by atoms with E-state index in [2.05, 4.69) is 19.0 Å². The van der Waals surface area contributed by atoms with Gasteiger partial charge in [-0.25, -0.2) is 14.6 Å². The van der Waals surface area contributed by atoms with Gasteiger partial charge in [0.1, 0.15) is 17.3 Å². The zero-order valence-corrected chi connectivity index (χ0v) is 17.3. The summed E-state index contributed by atoms with van der Waals surface area (Å²) >= 11 is 1.29. The van der Waals surface area contributed by atoms with Crippen molar-refractivity contribution < 1.29 is 4.74 Å². The third-order valence-corrected chi connectivity index (χ3v) is 6.03. The Bertz CT molecular complexity index is 1150. The van der Waals surface area contributed by atoms with Gasteiger partial charge >= 0.3 is 6.01 Å². The molecule has 148 valence electrons. The number of fused-ring (bicyclic) bond motifs is 1. The number of benzene rings is 1. The highest BCUT2D eigenvalue weighted by molar-refractivity contribution is 7.09. The van der Waals surface area contributed by atoms with Gasteiger partial charge in [0.05, 0.1) is 17.1 Å². The molecule has 0 radical (unpaired) electrons. The number of hydrogen-bond acceptors (Lipinski definition) is 7. The Kier molecular flexibility index (Phi) is 4.71. The highest BCUT2D eigenvalue weighted by atomic mass is 32.1. The van der Waals surface area contributed by atoms with Gasteiger partial charge < -0.3 is 4.74 Å². The lowest BCUT2D eigenvalue weighted by Crippen LogP contribution is -2.15. The molecule has 0 amide bonds. The first-order chi connectivity index (χ1) is 14.2. The summed E-state index contributed by atoms with van der Waals surface area (Å²) in [5, 5.41) is 6.66. The molecular weight excluding hydrogens is 384 g/mol. The number of rotatable bonds is 4. The van der Waals surface area contributed by atoms with Crippen LogP contribution >= 0.6 is 11.5 Å². The van der Waals surface area contributed by atoms with E-state index in [1.165, 1.54) is 30.8 Å². The summed E-state index contributed by atoms with van der Waals surface area (Å²) in [5.74, 6) is 1.48. The normalized spacial score (nSPS) is 15.1. The van der Waals surface area contributed by atoms with Crippen LogP contribution in [0.25, 0.3) is 21.7 Å². The predicted octanol–water partition coefficient (Wildman–Crippen LogP) is 5.26. The van der Waals surface area contributed by atoms with Crippen LogP contribution in [0.2, 0.25) is 0 Å². The van der Waals surface area contributed by atoms with Crippen molar-refractivity contribution in [3.05, 3.63) is 41.9 Å². The van der Waals surface area contributed by atoms with Crippen LogP contribution in [0.1, 0.15) is 49.7 Å². The first-order valence-corrected chi connectivity index (χ1v) is 10.8. The van der Waals surface area contributed by atoms with Crippen molar-refractivity contribution in [3.8, 4) is 22.5 Å². The molecule has 0 saturated heterocycles. The number of aromatic nitrogens is 6. The van der Waals surface area contributed by atoms with E-state index in [-0.39, 0.29) is 0 Å². The second-order valence-electron chi connectivity index (χ2n) is 7.44. The van der Waals surface area contributed by atoms with Crippen molar-refractivity contribution >= 4 is 22.6 Å². The van der Waals surface area contributed by atoms with Crippen LogP contribution in [0.3, 0.4) is 0 Å². The van der Waals surface area contributed by atoms with E-state index in [1.807, 2.05) is 44.2 Å². The van der Waals surface area contributed by atoms with Crippen molar-refractivity contribution in [2.45, 2.75) is 52.0 Å². The highest BCUT2D eigenvalue weighted by Crippen LogP contribution is 2.36. The van der Waals surface area contributed by atoms with Crippen LogP contribution in [0, 0.1) is 13.8 Å². The van der Waals surface area contributed by atoms with Crippen molar-refractivity contribution in [2.24, 2.45) is 0 Å². The van der Waals surface area contributed by atoms with Crippen LogP contribution in [0.5, 0.6) is 11.8 Å². The Labute approximate surface area is 173 Å². The summed E-state index contributed by atoms with van der Waals surface area (Å²) in [6.45, 7) is 3.94. The van der Waals surface area contributed by atoms with Gasteiger partial charge in [-0.15, -0.1) is 4.37 Å². The monoisotopic (exact) mass is 406 g/mol. The molecule has 3 aromatic heterocycles. The fourth-order valence-corrected chi connectivity index (χ4v) is 4.61. The number of para-hydroxylation sites is 1. The molecule has 4 aromatic rings. The van der Waals surface area contributed by atoms with Crippen LogP contribution in [0.15, 0.2) is 30.3 Å². The fourth-order valence-electron chi connectivity index (χ4n) is 4.01. The van der Waals surface area contributed by atoms with Crippen LogP contribution in [-0.2, 0) is 0 Å². The quantitative estimate of drug-likeness (QED) is 0.460. The molecule has 1 aromatic carbocycles. The Morgan fingerprint density at radius 1 is 1.00 bits per heavy atom. The molecule has 1 saturated carbocycles. The van der Waals surface area contributed by atoms with E-state index in [1.54, 1.807) is 0 Å². The molecule has 1 aliphatic carbocycles. The van der Waals surface area contributed by atoms with Gasteiger partial charge in [-0.3, -0.25) is 0 Å². The molecular formula is C21H22N6OS. The lowest BCUT2D eigenvalue weighted by atomic mass is 9.96. The summed E-state index contributed by atoms with van der Waals surface area (Å²) < 4.78 is 12.3. The molecule has 0 aliphatic heterocycles. The molecule has 29 heavy (non-hydrogen) atoms. The van der Waals surface area contributed by atoms with E-state index < -0.39 is 0 Å². The number of hydrogen-bond donors (Lipinski definition) is 0. The lowest BCUT2D eigenvalue weighted by molar-refractivity contribution is 0.336. The summed E-state index contributed by atoms with van der Waals surface area (Å²) in [6, 6.07) is 10.3. The largest absolute Gasteiger partial charge is 0.424 e. The van der Waals surface area contributed by atoms with Crippen LogP contribution in [-0.4, -0.2) is 29.1 Å². The molecule has 3 heterocycles. The predicted molar refractivity (Wildman–Crippen MR) is 112 cm³/mol. The summed E-state index contributed by atoms with van der Waals surface area (Å²) in [4.78, 5) is 13.9. The minimum Gasteiger partial charge on any atom is -0.424 e. The van der Waals surface area contributed by atoms with Gasteiger partial charge in [0.15, 0.2) is 10.7 Å². The summed E-state index contributed by atoms with van der Waals surface area (Å²) in [5.41, 5.74) is 2.62. The first-order valence-electron chi connectivity index (χ1n) is 9.99. The van der Waals surface area contributed by atoms with Gasteiger partial charge in [0, 0.05) is 0 Å². The average molecular weight is 407 g/mol. The second-order valence-corrected chi connectivity index (χ2v) is 8.19. The summed E-state index contributed by atoms with van der Waals surface area (Å²) in [7, 11) is 0. The van der Waals surface area contributed by atoms with Gasteiger partial charge in [-0.1, -0.05) is 37.5 Å². The number of nitrogens with zero attached hydrogens (tertiary/aromatic N) is 6. The Balaban J connectivity index is 1.58. The second kappa shape index (κ2) is 7.51. The van der Waals surface area contributed by atoms with Crippen LogP contribution < -0.4 is 4.74 Å². The topological polar surface area (TPSA) is 78.6 Å². The van der Waals surface area contributed by atoms with E-state index in [9.17, 15) is 0 Å². The maximum absolute atomic E-state index is 5.79. The third kappa shape index (κ3) is 3.48. The summed E-state index contributed by atoms with van der Waals surface area (Å²) in [6.07, 6.45) is 6.04. The zero-order valence-electron chi connectivity index (χ0n) is 16.5. The molecule has 7 nitrogen and oxygen atoms in total. The van der Waals surface area contributed by atoms with Gasteiger partial charge in [-0.05, 0) is 50.4 Å². The van der Waals surface area contributed by atoms with Gasteiger partial charge in [0.25, 0.3) is 0 Å². The Morgan fingerprint density at radius 3 is 2.59 bits per heavy atom. The molecule has 1 aliphatic rings. The molecule has 0 atom stereocenters. The number of aryl methyl sites for hydroxylation is 2. The van der Waals surface area contributed by atoms with Gasteiger partial charge in [-0.2, -0.15) is 10.1 Å². The molecule has 5 rings (SSSR count). The average Bonchev–Trinajstić information content (AvgIpc) is 3.34. The highest BCUT2D eigenvalue weighted by Gasteiger charge is 2.25. The fraction of sp³-hybridized carbons (Fsp3) is 0.381. The van der Waals surface area contributed by atoms with Crippen LogP contribution in [0.4, 0.5) is 0 Å². The molecule has 8 heteroatoms. The molecule has 0 N–H and O–H groups in total. The van der Waals surface area contributed by atoms with E-state index in [0.717, 1.165) is 46.1 Å². The Hall–Kier alpha value is -2.87. The molecule has 0 unspecified atom stereocenters. The minimum atomic E-state index is 0.335. The smallest absolute Gasteiger partial charge is 0.334 e.